The summed E-state index contributed by atoms with van der Waals surface area (Å²) < 4.78 is 0. The van der Waals surface area contributed by atoms with Crippen molar-refractivity contribution >= 4 is 44.3 Å². The van der Waals surface area contributed by atoms with Crippen molar-refractivity contribution in [1.29, 1.82) is 0 Å². The van der Waals surface area contributed by atoms with Crippen LogP contribution in [0.3, 0.4) is 0 Å². The van der Waals surface area contributed by atoms with E-state index in [2.05, 4.69) is 174 Å². The van der Waals surface area contributed by atoms with E-state index >= 15 is 0 Å². The van der Waals surface area contributed by atoms with Crippen molar-refractivity contribution in [2.45, 2.75) is 66.3 Å². The smallest absolute Gasteiger partial charge is 0.0619 e. The minimum Gasteiger partial charge on any atom is -0.378 e. The molecule has 0 saturated heterocycles. The second-order valence-electron chi connectivity index (χ2n) is 14.0. The van der Waals surface area contributed by atoms with Crippen molar-refractivity contribution in [1.82, 2.24) is 0 Å². The summed E-state index contributed by atoms with van der Waals surface area (Å²) in [7, 11) is 0. The van der Waals surface area contributed by atoms with Crippen LogP contribution < -0.4 is 10.2 Å². The van der Waals surface area contributed by atoms with E-state index in [4.69, 9.17) is 0 Å². The summed E-state index contributed by atoms with van der Waals surface area (Å²) in [6.45, 7) is 15.8. The molecule has 1 aliphatic carbocycles. The Labute approximate surface area is 257 Å². The largest absolute Gasteiger partial charge is 0.378 e. The van der Waals surface area contributed by atoms with Crippen molar-refractivity contribution < 1.29 is 0 Å². The van der Waals surface area contributed by atoms with Crippen LogP contribution in [0, 0.1) is 12.3 Å². The van der Waals surface area contributed by atoms with Crippen molar-refractivity contribution in [2.75, 3.05) is 10.2 Å². The Morgan fingerprint density at radius 2 is 1.14 bits per heavy atom. The van der Waals surface area contributed by atoms with Gasteiger partial charge in [0, 0.05) is 39.0 Å². The van der Waals surface area contributed by atoms with Gasteiger partial charge in [-0.25, -0.2) is 0 Å². The predicted octanol–water partition coefficient (Wildman–Crippen LogP) is 11.8. The molecule has 2 nitrogen and oxygen atoms in total. The Balaban J connectivity index is 1.55. The van der Waals surface area contributed by atoms with Crippen LogP contribution in [0.5, 0.6) is 0 Å². The Morgan fingerprint density at radius 1 is 0.628 bits per heavy atom. The lowest BCUT2D eigenvalue weighted by Gasteiger charge is -2.31. The maximum Gasteiger partial charge on any atom is 0.0619 e. The topological polar surface area (TPSA) is 15.3 Å². The number of benzene rings is 5. The summed E-state index contributed by atoms with van der Waals surface area (Å²) in [5.41, 5.74) is 8.96. The zero-order valence-corrected chi connectivity index (χ0v) is 26.7. The first-order valence-corrected chi connectivity index (χ1v) is 15.6. The Bertz CT molecular complexity index is 1770. The molecule has 5 aromatic rings. The summed E-state index contributed by atoms with van der Waals surface area (Å²) in [5.74, 6) is 0. The van der Waals surface area contributed by atoms with Crippen molar-refractivity contribution in [3.63, 3.8) is 0 Å². The van der Waals surface area contributed by atoms with Crippen LogP contribution in [-0.2, 0) is 5.41 Å². The number of hydrogen-bond acceptors (Lipinski definition) is 2. The molecule has 0 fully saturated rings. The first kappa shape index (κ1) is 28.8. The van der Waals surface area contributed by atoms with E-state index in [0.717, 1.165) is 17.8 Å². The lowest BCUT2D eigenvalue weighted by molar-refractivity contribution is 0.511. The zero-order chi connectivity index (χ0) is 30.4. The van der Waals surface area contributed by atoms with Gasteiger partial charge in [0.1, 0.15) is 0 Å². The molecule has 0 aliphatic heterocycles. The van der Waals surface area contributed by atoms with E-state index in [1.54, 1.807) is 0 Å². The highest BCUT2D eigenvalue weighted by atomic mass is 15.1. The number of aryl methyl sites for hydroxylation is 1. The molecule has 0 heterocycles. The van der Waals surface area contributed by atoms with E-state index < -0.39 is 0 Å². The minimum absolute atomic E-state index is 0.0936. The zero-order valence-electron chi connectivity index (χ0n) is 26.7. The molecule has 0 bridgehead atoms. The second-order valence-corrected chi connectivity index (χ2v) is 14.0. The van der Waals surface area contributed by atoms with Crippen LogP contribution in [0.2, 0.25) is 0 Å². The van der Waals surface area contributed by atoms with Gasteiger partial charge < -0.3 is 10.2 Å². The molecule has 0 radical (unpaired) electrons. The van der Waals surface area contributed by atoms with Gasteiger partial charge >= 0.3 is 0 Å². The first-order chi connectivity index (χ1) is 20.5. The molecule has 5 aromatic carbocycles. The van der Waals surface area contributed by atoms with Gasteiger partial charge in [-0.1, -0.05) is 138 Å². The van der Waals surface area contributed by atoms with Crippen LogP contribution in [0.15, 0.2) is 121 Å². The van der Waals surface area contributed by atoms with Crippen molar-refractivity contribution in [2.24, 2.45) is 5.41 Å². The predicted molar refractivity (Wildman–Crippen MR) is 188 cm³/mol. The normalized spacial score (nSPS) is 15.5. The van der Waals surface area contributed by atoms with Gasteiger partial charge in [-0.15, -0.1) is 0 Å². The lowest BCUT2D eigenvalue weighted by atomic mass is 9.83. The summed E-state index contributed by atoms with van der Waals surface area (Å²) in [4.78, 5) is 2.44. The number of rotatable bonds is 5. The van der Waals surface area contributed by atoms with E-state index in [0.29, 0.717) is 0 Å². The number of anilines is 4. The average Bonchev–Trinajstić information content (AvgIpc) is 2.99. The van der Waals surface area contributed by atoms with Crippen molar-refractivity contribution in [3.8, 4) is 0 Å². The second kappa shape index (κ2) is 11.1. The van der Waals surface area contributed by atoms with Crippen LogP contribution in [0.1, 0.15) is 59.1 Å². The SMILES string of the molecule is Cc1ccc(N(c2ccc(C(C)(C)C)cc2)c2c3ccccc3c(NC3C=CC(C(C)(C)C)=CC3)c3ccccc23)cc1. The van der Waals surface area contributed by atoms with Crippen LogP contribution in [0.4, 0.5) is 22.7 Å². The monoisotopic (exact) mass is 564 g/mol. The van der Waals surface area contributed by atoms with Gasteiger partial charge in [-0.3, -0.25) is 0 Å². The summed E-state index contributed by atoms with van der Waals surface area (Å²) >= 11 is 0. The van der Waals surface area contributed by atoms with Gasteiger partial charge in [-0.2, -0.15) is 0 Å². The van der Waals surface area contributed by atoms with Gasteiger partial charge in [0.2, 0.25) is 0 Å². The van der Waals surface area contributed by atoms with E-state index in [1.165, 1.54) is 49.6 Å². The molecule has 1 atom stereocenters. The average molecular weight is 565 g/mol. The minimum atomic E-state index is 0.0936. The lowest BCUT2D eigenvalue weighted by Crippen LogP contribution is -2.21. The molecule has 0 amide bonds. The molecule has 2 heteroatoms. The fourth-order valence-electron chi connectivity index (χ4n) is 6.18. The molecule has 218 valence electrons. The number of hydrogen-bond donors (Lipinski definition) is 1. The number of nitrogens with one attached hydrogen (secondary N) is 1. The third-order valence-electron chi connectivity index (χ3n) is 8.71. The Morgan fingerprint density at radius 3 is 1.60 bits per heavy atom. The van der Waals surface area contributed by atoms with E-state index in [1.807, 2.05) is 0 Å². The standard InChI is InChI=1S/C41H44N2/c1-28-16-24-32(25-17-28)43(33-26-20-30(21-27-33)41(5,6)7)39-36-14-10-8-12-34(36)38(35-13-9-11-15-37(35)39)42-31-22-18-29(19-23-31)40(2,3)4/h8-22,24-27,31,42H,23H2,1-7H3. The molecule has 43 heavy (non-hydrogen) atoms. The number of nitrogens with zero attached hydrogens (tertiary/aromatic N) is 1. The fourth-order valence-corrected chi connectivity index (χ4v) is 6.18. The quantitative estimate of drug-likeness (QED) is 0.169. The highest BCUT2D eigenvalue weighted by Crippen LogP contribution is 2.47. The highest BCUT2D eigenvalue weighted by Gasteiger charge is 2.24. The Hall–Kier alpha value is -4.30. The summed E-state index contributed by atoms with van der Waals surface area (Å²) in [5, 5.41) is 8.90. The molecule has 1 N–H and O–H groups in total. The first-order valence-electron chi connectivity index (χ1n) is 15.6. The van der Waals surface area contributed by atoms with Crippen LogP contribution in [0.25, 0.3) is 21.5 Å². The van der Waals surface area contributed by atoms with Crippen LogP contribution >= 0.6 is 0 Å². The van der Waals surface area contributed by atoms with Crippen LogP contribution in [-0.4, -0.2) is 6.04 Å². The molecule has 0 aromatic heterocycles. The van der Waals surface area contributed by atoms with Gasteiger partial charge in [0.05, 0.1) is 11.4 Å². The summed E-state index contributed by atoms with van der Waals surface area (Å²) in [6.07, 6.45) is 8.02. The van der Waals surface area contributed by atoms with E-state index in [-0.39, 0.29) is 16.9 Å². The van der Waals surface area contributed by atoms with Crippen molar-refractivity contribution in [3.05, 3.63) is 132 Å². The maximum absolute atomic E-state index is 3.97. The third-order valence-corrected chi connectivity index (χ3v) is 8.71. The highest BCUT2D eigenvalue weighted by molar-refractivity contribution is 6.21. The number of allylic oxidation sites excluding steroid dienone is 2. The van der Waals surface area contributed by atoms with Gasteiger partial charge in [0.15, 0.2) is 0 Å². The Kier molecular flexibility index (Phi) is 7.42. The molecule has 0 spiro atoms. The summed E-state index contributed by atoms with van der Waals surface area (Å²) in [6, 6.07) is 36.0. The molecule has 1 unspecified atom stereocenters. The molecular weight excluding hydrogens is 520 g/mol. The molecular formula is C41H44N2. The van der Waals surface area contributed by atoms with E-state index in [9.17, 15) is 0 Å². The molecule has 0 saturated carbocycles. The van der Waals surface area contributed by atoms with Gasteiger partial charge in [-0.05, 0) is 59.6 Å². The fraction of sp³-hybridized carbons (Fsp3) is 0.268. The third kappa shape index (κ3) is 5.71. The molecule has 6 rings (SSSR count). The maximum atomic E-state index is 3.97. The van der Waals surface area contributed by atoms with Gasteiger partial charge in [0.25, 0.3) is 0 Å². The number of fused-ring (bicyclic) bond motifs is 2. The molecule has 1 aliphatic rings.